The van der Waals surface area contributed by atoms with Gasteiger partial charge in [-0.3, -0.25) is 4.98 Å². The third-order valence-electron chi connectivity index (χ3n) is 1.97. The zero-order chi connectivity index (χ0) is 9.26. The van der Waals surface area contributed by atoms with Gasteiger partial charge in [0.2, 0.25) is 0 Å². The largest absolute Gasteiger partial charge is 0.256 e. The molecule has 2 rings (SSSR count). The summed E-state index contributed by atoms with van der Waals surface area (Å²) in [6.45, 7) is 0. The number of pyridine rings is 1. The van der Waals surface area contributed by atoms with E-state index in [9.17, 15) is 0 Å². The molecule has 13 heavy (non-hydrogen) atoms. The van der Waals surface area contributed by atoms with Gasteiger partial charge < -0.3 is 0 Å². The van der Waals surface area contributed by atoms with Gasteiger partial charge in [-0.25, -0.2) is 0 Å². The SMILES string of the molecule is Brc1ccc2ncccc2c1CI. The highest BCUT2D eigenvalue weighted by molar-refractivity contribution is 14.1. The fraction of sp³-hybridized carbons (Fsp3) is 0.100. The van der Waals surface area contributed by atoms with E-state index in [-0.39, 0.29) is 0 Å². The molecule has 0 aliphatic rings. The molecule has 3 heteroatoms. The van der Waals surface area contributed by atoms with Gasteiger partial charge in [-0.15, -0.1) is 0 Å². The highest BCUT2D eigenvalue weighted by Crippen LogP contribution is 2.27. The standard InChI is InChI=1S/C10H7BrIN/c11-9-3-4-10-7(8(9)6-12)2-1-5-13-10/h1-5H,6H2. The van der Waals surface area contributed by atoms with Crippen molar-refractivity contribution in [1.82, 2.24) is 4.98 Å². The Labute approximate surface area is 98.8 Å². The van der Waals surface area contributed by atoms with Crippen molar-refractivity contribution in [2.45, 2.75) is 4.43 Å². The number of halogens is 2. The average molecular weight is 348 g/mol. The minimum absolute atomic E-state index is 1.00. The minimum atomic E-state index is 1.00. The van der Waals surface area contributed by atoms with Gasteiger partial charge in [0.1, 0.15) is 0 Å². The molecule has 0 radical (unpaired) electrons. The summed E-state index contributed by atoms with van der Waals surface area (Å²) in [4.78, 5) is 4.31. The molecule has 0 spiro atoms. The van der Waals surface area contributed by atoms with E-state index in [4.69, 9.17) is 0 Å². The molecule has 0 fully saturated rings. The Morgan fingerprint density at radius 2 is 2.15 bits per heavy atom. The van der Waals surface area contributed by atoms with Crippen molar-refractivity contribution in [2.75, 3.05) is 0 Å². The van der Waals surface area contributed by atoms with E-state index in [1.807, 2.05) is 18.3 Å². The minimum Gasteiger partial charge on any atom is -0.256 e. The molecule has 0 unspecified atom stereocenters. The lowest BCUT2D eigenvalue weighted by molar-refractivity contribution is 1.38. The summed E-state index contributed by atoms with van der Waals surface area (Å²) in [6.07, 6.45) is 1.83. The zero-order valence-corrected chi connectivity index (χ0v) is 10.5. The second kappa shape index (κ2) is 3.92. The van der Waals surface area contributed by atoms with Crippen LogP contribution >= 0.6 is 38.5 Å². The van der Waals surface area contributed by atoms with E-state index in [2.05, 4.69) is 55.6 Å². The van der Waals surface area contributed by atoms with Crippen molar-refractivity contribution in [3.05, 3.63) is 40.5 Å². The van der Waals surface area contributed by atoms with Gasteiger partial charge in [-0.05, 0) is 23.8 Å². The van der Waals surface area contributed by atoms with Crippen LogP contribution in [0.25, 0.3) is 10.9 Å². The van der Waals surface area contributed by atoms with Crippen molar-refractivity contribution in [3.63, 3.8) is 0 Å². The first-order valence-corrected chi connectivity index (χ1v) is 6.23. The molecular formula is C10H7BrIN. The molecule has 0 saturated carbocycles. The molecule has 1 aromatic carbocycles. The number of benzene rings is 1. The smallest absolute Gasteiger partial charge is 0.0705 e. The average Bonchev–Trinajstić information content (AvgIpc) is 2.18. The van der Waals surface area contributed by atoms with Crippen molar-refractivity contribution >= 4 is 49.4 Å². The molecular weight excluding hydrogens is 341 g/mol. The second-order valence-corrected chi connectivity index (χ2v) is 4.35. The Kier molecular flexibility index (Phi) is 2.83. The van der Waals surface area contributed by atoms with Crippen LogP contribution in [0.1, 0.15) is 5.56 Å². The lowest BCUT2D eigenvalue weighted by atomic mass is 10.1. The maximum Gasteiger partial charge on any atom is 0.0705 e. The summed E-state index contributed by atoms with van der Waals surface area (Å²) in [5.41, 5.74) is 2.39. The quantitative estimate of drug-likeness (QED) is 0.562. The van der Waals surface area contributed by atoms with Gasteiger partial charge in [0.05, 0.1) is 5.52 Å². The summed E-state index contributed by atoms with van der Waals surface area (Å²) >= 11 is 5.91. The van der Waals surface area contributed by atoms with Gasteiger partial charge in [0.25, 0.3) is 0 Å². The lowest BCUT2D eigenvalue weighted by Crippen LogP contribution is -1.85. The fourth-order valence-corrected chi connectivity index (χ4v) is 3.15. The number of fused-ring (bicyclic) bond motifs is 1. The topological polar surface area (TPSA) is 12.9 Å². The molecule has 66 valence electrons. The van der Waals surface area contributed by atoms with Crippen molar-refractivity contribution < 1.29 is 0 Å². The first-order valence-electron chi connectivity index (χ1n) is 3.91. The molecule has 0 amide bonds. The van der Waals surface area contributed by atoms with E-state index >= 15 is 0 Å². The normalized spacial score (nSPS) is 10.6. The third kappa shape index (κ3) is 1.72. The Balaban J connectivity index is 2.84. The molecule has 0 atom stereocenters. The molecule has 0 aliphatic carbocycles. The summed E-state index contributed by atoms with van der Waals surface area (Å²) in [7, 11) is 0. The van der Waals surface area contributed by atoms with Crippen molar-refractivity contribution in [3.8, 4) is 0 Å². The number of hydrogen-bond donors (Lipinski definition) is 0. The van der Waals surface area contributed by atoms with E-state index in [1.54, 1.807) is 0 Å². The van der Waals surface area contributed by atoms with Crippen LogP contribution in [0.4, 0.5) is 0 Å². The van der Waals surface area contributed by atoms with Crippen LogP contribution in [0.2, 0.25) is 0 Å². The van der Waals surface area contributed by atoms with E-state index in [0.717, 1.165) is 9.94 Å². The van der Waals surface area contributed by atoms with Crippen LogP contribution < -0.4 is 0 Å². The highest BCUT2D eigenvalue weighted by Gasteiger charge is 2.03. The Morgan fingerprint density at radius 3 is 2.92 bits per heavy atom. The van der Waals surface area contributed by atoms with Crippen molar-refractivity contribution in [1.29, 1.82) is 0 Å². The molecule has 2 aromatic rings. The summed E-state index contributed by atoms with van der Waals surface area (Å²) < 4.78 is 2.17. The Hall–Kier alpha value is -0.160. The molecule has 1 heterocycles. The summed E-state index contributed by atoms with van der Waals surface area (Å²) in [5.74, 6) is 0. The lowest BCUT2D eigenvalue weighted by Gasteiger charge is -2.04. The number of nitrogens with zero attached hydrogens (tertiary/aromatic N) is 1. The first-order chi connectivity index (χ1) is 6.33. The molecule has 1 aromatic heterocycles. The van der Waals surface area contributed by atoms with Crippen LogP contribution in [0.15, 0.2) is 34.9 Å². The summed E-state index contributed by atoms with van der Waals surface area (Å²) in [5, 5.41) is 1.24. The zero-order valence-electron chi connectivity index (χ0n) is 6.80. The van der Waals surface area contributed by atoms with Gasteiger partial charge in [0, 0.05) is 20.5 Å². The van der Waals surface area contributed by atoms with Gasteiger partial charge >= 0.3 is 0 Å². The number of aromatic nitrogens is 1. The van der Waals surface area contributed by atoms with Crippen LogP contribution in [0.5, 0.6) is 0 Å². The first kappa shape index (κ1) is 9.40. The maximum atomic E-state index is 4.31. The predicted molar refractivity (Wildman–Crippen MR) is 67.2 cm³/mol. The van der Waals surface area contributed by atoms with Gasteiger partial charge in [-0.1, -0.05) is 44.6 Å². The number of alkyl halides is 1. The van der Waals surface area contributed by atoms with Crippen LogP contribution in [0.3, 0.4) is 0 Å². The number of hydrogen-bond acceptors (Lipinski definition) is 1. The van der Waals surface area contributed by atoms with E-state index in [1.165, 1.54) is 15.4 Å². The Bertz CT molecular complexity index is 442. The fourth-order valence-electron chi connectivity index (χ4n) is 1.32. The summed E-state index contributed by atoms with van der Waals surface area (Å²) in [6, 6.07) is 8.18. The van der Waals surface area contributed by atoms with Gasteiger partial charge in [-0.2, -0.15) is 0 Å². The molecule has 0 bridgehead atoms. The highest BCUT2D eigenvalue weighted by atomic mass is 127. The maximum absolute atomic E-state index is 4.31. The second-order valence-electron chi connectivity index (χ2n) is 2.73. The molecule has 0 saturated heterocycles. The molecule has 0 aliphatic heterocycles. The Morgan fingerprint density at radius 1 is 1.31 bits per heavy atom. The van der Waals surface area contributed by atoms with Crippen LogP contribution in [0, 0.1) is 0 Å². The predicted octanol–water partition coefficient (Wildman–Crippen LogP) is 3.93. The van der Waals surface area contributed by atoms with E-state index in [0.29, 0.717) is 0 Å². The molecule has 0 N–H and O–H groups in total. The van der Waals surface area contributed by atoms with Crippen molar-refractivity contribution in [2.24, 2.45) is 0 Å². The van der Waals surface area contributed by atoms with Crippen LogP contribution in [-0.4, -0.2) is 4.98 Å². The van der Waals surface area contributed by atoms with Gasteiger partial charge in [0.15, 0.2) is 0 Å². The number of rotatable bonds is 1. The third-order valence-corrected chi connectivity index (χ3v) is 3.48. The molecule has 1 nitrogen and oxygen atoms in total. The van der Waals surface area contributed by atoms with E-state index < -0.39 is 0 Å². The van der Waals surface area contributed by atoms with Crippen LogP contribution in [-0.2, 0) is 4.43 Å². The monoisotopic (exact) mass is 347 g/mol.